The van der Waals surface area contributed by atoms with Gasteiger partial charge in [-0.05, 0) is 216 Å². The van der Waals surface area contributed by atoms with Crippen molar-refractivity contribution >= 4 is 94.1 Å². The van der Waals surface area contributed by atoms with Crippen LogP contribution in [0.4, 0.5) is 0 Å². The zero-order chi connectivity index (χ0) is 67.6. The van der Waals surface area contributed by atoms with Gasteiger partial charge in [-0.15, -0.1) is 47.0 Å². The van der Waals surface area contributed by atoms with E-state index in [9.17, 15) is 21.0 Å². The zero-order valence-electron chi connectivity index (χ0n) is 55.1. The Morgan fingerprint density at radius 2 is 0.398 bits per heavy atom. The third-order valence-corrected chi connectivity index (χ3v) is 28.1. The van der Waals surface area contributed by atoms with Crippen molar-refractivity contribution in [1.29, 1.82) is 21.0 Å². The molecule has 0 saturated carbocycles. The molecule has 98 heavy (non-hydrogen) atoms. The predicted molar refractivity (Wildman–Crippen MR) is 423 cm³/mol. The van der Waals surface area contributed by atoms with Gasteiger partial charge >= 0.3 is 0 Å². The SMILES string of the molecule is N#Cc1ccc(-c2ccc(OCCCCCCSC3=C(SCCCCCCOc4ccc(-c5ccc(C#N)cc5)cc4)SC(=C4SC(SCCCCCCOc5ccc(-c6ccc(C#N)cc6)cc5)=C(SCCCCCCOc5ccc(-c6ccc(C#N)cc6)cc5)S4)S3)cc2)cc1. The Balaban J connectivity index is 0.691. The van der Waals surface area contributed by atoms with Crippen LogP contribution in [0.15, 0.2) is 220 Å². The molecule has 0 amide bonds. The molecule has 0 saturated heterocycles. The summed E-state index contributed by atoms with van der Waals surface area (Å²) in [6, 6.07) is 72.6. The first-order chi connectivity index (χ1) is 48.4. The Morgan fingerprint density at radius 3 is 0.582 bits per heavy atom. The number of ether oxygens (including phenoxy) is 4. The summed E-state index contributed by atoms with van der Waals surface area (Å²) in [5.41, 5.74) is 11.5. The third kappa shape index (κ3) is 24.1. The van der Waals surface area contributed by atoms with Crippen molar-refractivity contribution in [3.8, 4) is 91.8 Å². The molecule has 8 nitrogen and oxygen atoms in total. The van der Waals surface area contributed by atoms with Crippen LogP contribution in [0.1, 0.15) is 125 Å². The van der Waals surface area contributed by atoms with Crippen molar-refractivity contribution in [3.05, 3.63) is 242 Å². The van der Waals surface area contributed by atoms with Gasteiger partial charge in [-0.25, -0.2) is 0 Å². The maximum absolute atomic E-state index is 9.18. The molecule has 2 heterocycles. The Hall–Kier alpha value is -7.06. The lowest BCUT2D eigenvalue weighted by atomic mass is 10.0. The quantitative estimate of drug-likeness (QED) is 0.0337. The number of benzene rings is 8. The number of hydrogen-bond acceptors (Lipinski definition) is 16. The van der Waals surface area contributed by atoms with Crippen LogP contribution >= 0.6 is 94.1 Å². The molecule has 0 fully saturated rings. The Morgan fingerprint density at radius 1 is 0.224 bits per heavy atom. The second kappa shape index (κ2) is 41.5. The fourth-order valence-electron chi connectivity index (χ4n) is 10.6. The van der Waals surface area contributed by atoms with Gasteiger partial charge < -0.3 is 18.9 Å². The van der Waals surface area contributed by atoms with Crippen LogP contribution in [-0.4, -0.2) is 49.4 Å². The smallest absolute Gasteiger partial charge is 0.119 e. The van der Waals surface area contributed by atoms with Gasteiger partial charge in [0.15, 0.2) is 0 Å². The highest BCUT2D eigenvalue weighted by Gasteiger charge is 2.31. The van der Waals surface area contributed by atoms with E-state index >= 15 is 0 Å². The molecule has 0 bridgehead atoms. The first kappa shape index (κ1) is 73.7. The lowest BCUT2D eigenvalue weighted by Gasteiger charge is -2.08. The summed E-state index contributed by atoms with van der Waals surface area (Å²) in [5, 5.41) is 36.7. The summed E-state index contributed by atoms with van der Waals surface area (Å²) in [6.45, 7) is 2.82. The van der Waals surface area contributed by atoms with E-state index in [1.165, 1.54) is 76.8 Å². The highest BCUT2D eigenvalue weighted by molar-refractivity contribution is 8.45. The maximum Gasteiger partial charge on any atom is 0.119 e. The molecule has 0 aliphatic carbocycles. The number of thioether (sulfide) groups is 8. The standard InChI is InChI=1S/C82H80N4O4S8/c83-57-61-17-25-65(26-18-61)69-33-41-73(42-34-69)87-49-9-1-5-13-53-91-77-78(92-54-14-6-2-10-50-88-74-43-35-70(36-44-74)66-27-19-62(58-84)20-28-66)96-81(95-77)82-97-79(93-55-15-7-3-11-51-89-75-45-37-71(38-46-75)67-29-21-63(59-85)22-30-67)80(98-82)94-56-16-8-4-12-52-90-76-47-39-72(40-48-76)68-31-23-64(60-86)24-32-68/h17-48H,1-16,49-56H2. The largest absolute Gasteiger partial charge is 0.494 e. The van der Waals surface area contributed by atoms with Crippen LogP contribution in [0, 0.1) is 45.3 Å². The second-order valence-corrected chi connectivity index (χ2v) is 33.5. The third-order valence-electron chi connectivity index (χ3n) is 16.2. The Labute approximate surface area is 614 Å². The highest BCUT2D eigenvalue weighted by atomic mass is 32.3. The fourth-order valence-corrected chi connectivity index (χ4v) is 22.9. The lowest BCUT2D eigenvalue weighted by molar-refractivity contribution is 0.305. The van der Waals surface area contributed by atoms with E-state index in [1.54, 1.807) is 0 Å². The van der Waals surface area contributed by atoms with E-state index in [4.69, 9.17) is 18.9 Å². The van der Waals surface area contributed by atoms with Crippen molar-refractivity contribution in [2.75, 3.05) is 49.4 Å². The van der Waals surface area contributed by atoms with Gasteiger partial charge in [0, 0.05) is 0 Å². The Kier molecular flexibility index (Phi) is 31.2. The van der Waals surface area contributed by atoms with Crippen LogP contribution in [-0.2, 0) is 0 Å². The van der Waals surface area contributed by atoms with E-state index in [0.29, 0.717) is 48.7 Å². The lowest BCUT2D eigenvalue weighted by Crippen LogP contribution is -1.97. The summed E-state index contributed by atoms with van der Waals surface area (Å²) in [5.74, 6) is 7.97. The summed E-state index contributed by atoms with van der Waals surface area (Å²) in [6.07, 6.45) is 18.0. The predicted octanol–water partition coefficient (Wildman–Crippen LogP) is 25.0. The maximum atomic E-state index is 9.18. The monoisotopic (exact) mass is 1440 g/mol. The number of hydrogen-bond donors (Lipinski definition) is 0. The van der Waals surface area contributed by atoms with Gasteiger partial charge in [0.2, 0.25) is 0 Å². The van der Waals surface area contributed by atoms with Gasteiger partial charge in [-0.1, -0.05) is 195 Å². The average Bonchev–Trinajstić information content (AvgIpc) is 1.63. The molecule has 500 valence electrons. The van der Waals surface area contributed by atoms with Crippen LogP contribution in [0.2, 0.25) is 0 Å². The average molecular weight is 1440 g/mol. The molecule has 8 aromatic rings. The fraction of sp³-hybridized carbons (Fsp3) is 0.293. The van der Waals surface area contributed by atoms with E-state index in [2.05, 4.69) is 120 Å². The molecule has 8 aromatic carbocycles. The van der Waals surface area contributed by atoms with Gasteiger partial charge in [0.05, 0.1) is 98.4 Å². The topological polar surface area (TPSA) is 132 Å². The molecular formula is C82H80N4O4S8. The molecule has 0 unspecified atom stereocenters. The molecular weight excluding hydrogens is 1360 g/mol. The summed E-state index contributed by atoms with van der Waals surface area (Å²) < 4.78 is 33.4. The molecule has 16 heteroatoms. The first-order valence-corrected chi connectivity index (χ1v) is 41.0. The number of nitrogens with zero attached hydrogens (tertiary/aromatic N) is 4. The number of rotatable bonds is 40. The van der Waals surface area contributed by atoms with Crippen molar-refractivity contribution < 1.29 is 18.9 Å². The molecule has 0 atom stereocenters. The van der Waals surface area contributed by atoms with Crippen LogP contribution in [0.25, 0.3) is 44.5 Å². The van der Waals surface area contributed by atoms with Gasteiger partial charge in [-0.2, -0.15) is 21.0 Å². The zero-order valence-corrected chi connectivity index (χ0v) is 61.7. The molecule has 10 rings (SSSR count). The van der Waals surface area contributed by atoms with E-state index in [0.717, 1.165) is 142 Å². The first-order valence-electron chi connectivity index (χ1n) is 33.8. The van der Waals surface area contributed by atoms with E-state index < -0.39 is 0 Å². The number of unbranched alkanes of at least 4 members (excludes halogenated alkanes) is 12. The van der Waals surface area contributed by atoms with Crippen molar-refractivity contribution in [1.82, 2.24) is 0 Å². The summed E-state index contributed by atoms with van der Waals surface area (Å²) >= 11 is 16.3. The van der Waals surface area contributed by atoms with Crippen molar-refractivity contribution in [2.45, 2.75) is 103 Å². The van der Waals surface area contributed by atoms with Crippen LogP contribution < -0.4 is 18.9 Å². The minimum atomic E-state index is 0.665. The van der Waals surface area contributed by atoms with Crippen molar-refractivity contribution in [3.63, 3.8) is 0 Å². The summed E-state index contributed by atoms with van der Waals surface area (Å²) in [4.78, 5) is 0. The van der Waals surface area contributed by atoms with Gasteiger partial charge in [0.25, 0.3) is 0 Å². The number of nitriles is 4. The molecule has 0 spiro atoms. The van der Waals surface area contributed by atoms with Crippen LogP contribution in [0.5, 0.6) is 23.0 Å². The second-order valence-electron chi connectivity index (χ2n) is 23.4. The molecule has 2 aliphatic rings. The summed E-state index contributed by atoms with van der Waals surface area (Å²) in [7, 11) is 0. The molecule has 0 aromatic heterocycles. The molecule has 2 aliphatic heterocycles. The van der Waals surface area contributed by atoms with Crippen molar-refractivity contribution in [2.24, 2.45) is 0 Å². The van der Waals surface area contributed by atoms with E-state index in [1.807, 2.05) is 193 Å². The van der Waals surface area contributed by atoms with Gasteiger partial charge in [0.1, 0.15) is 23.0 Å². The minimum absolute atomic E-state index is 0.665. The van der Waals surface area contributed by atoms with E-state index in [-0.39, 0.29) is 0 Å². The normalized spacial score (nSPS) is 12.7. The highest BCUT2D eigenvalue weighted by Crippen LogP contribution is 2.66. The molecule has 0 N–H and O–H groups in total. The Bertz CT molecular complexity index is 3530. The van der Waals surface area contributed by atoms with Gasteiger partial charge in [-0.3, -0.25) is 0 Å². The minimum Gasteiger partial charge on any atom is -0.494 e. The molecule has 0 radical (unpaired) electrons. The van der Waals surface area contributed by atoms with Crippen LogP contribution in [0.3, 0.4) is 0 Å².